The first-order chi connectivity index (χ1) is 22.8. The number of carbonyl (C=O) groups is 2. The number of hydrogen-bond acceptors (Lipinski definition) is 8. The van der Waals surface area contributed by atoms with Crippen LogP contribution in [-0.4, -0.2) is 47.5 Å². The Morgan fingerprint density at radius 1 is 1.00 bits per heavy atom. The van der Waals surface area contributed by atoms with E-state index in [4.69, 9.17) is 29.8 Å². The van der Waals surface area contributed by atoms with Crippen molar-refractivity contribution in [1.82, 2.24) is 10.3 Å². The number of rotatable bonds is 13. The van der Waals surface area contributed by atoms with Crippen LogP contribution < -0.4 is 30.6 Å². The molecule has 1 atom stereocenters. The van der Waals surface area contributed by atoms with E-state index < -0.39 is 18.2 Å². The molecule has 1 unspecified atom stereocenters. The van der Waals surface area contributed by atoms with Gasteiger partial charge in [0.15, 0.2) is 11.5 Å². The van der Waals surface area contributed by atoms with E-state index in [1.54, 1.807) is 6.20 Å². The number of halogens is 3. The van der Waals surface area contributed by atoms with Crippen molar-refractivity contribution >= 4 is 34.2 Å². The van der Waals surface area contributed by atoms with Crippen LogP contribution in [-0.2, 0) is 16.1 Å². The van der Waals surface area contributed by atoms with Crippen LogP contribution in [0.5, 0.6) is 17.2 Å². The number of nitrogens with two attached hydrogens (primary N) is 1. The zero-order chi connectivity index (χ0) is 34.8. The highest BCUT2D eigenvalue weighted by Crippen LogP contribution is 2.34. The van der Waals surface area contributed by atoms with Gasteiger partial charge in [0.1, 0.15) is 17.6 Å². The van der Waals surface area contributed by atoms with Crippen molar-refractivity contribution in [3.05, 3.63) is 84.1 Å². The number of alkyl halides is 3. The van der Waals surface area contributed by atoms with Crippen molar-refractivity contribution < 1.29 is 42.1 Å². The van der Waals surface area contributed by atoms with E-state index in [9.17, 15) is 18.0 Å². The van der Waals surface area contributed by atoms with Crippen molar-refractivity contribution in [2.75, 3.05) is 24.3 Å². The molecular formula is C35H39F3N4O6. The minimum Gasteiger partial charge on any atom is -0.493 e. The third-order valence-electron chi connectivity index (χ3n) is 7.17. The molecule has 1 heterocycles. The maximum atomic E-state index is 13.8. The van der Waals surface area contributed by atoms with Crippen LogP contribution in [0.3, 0.4) is 0 Å². The van der Waals surface area contributed by atoms with Gasteiger partial charge in [0.05, 0.1) is 19.3 Å². The van der Waals surface area contributed by atoms with E-state index in [-0.39, 0.29) is 12.0 Å². The maximum Gasteiger partial charge on any atom is 0.490 e. The largest absolute Gasteiger partial charge is 0.493 e. The summed E-state index contributed by atoms with van der Waals surface area (Å²) < 4.78 is 49.7. The number of benzene rings is 3. The van der Waals surface area contributed by atoms with Gasteiger partial charge in [-0.25, -0.2) is 9.78 Å². The Morgan fingerprint density at radius 2 is 1.73 bits per heavy atom. The number of amides is 1. The lowest BCUT2D eigenvalue weighted by Gasteiger charge is -2.23. The van der Waals surface area contributed by atoms with Crippen molar-refractivity contribution in [2.24, 2.45) is 5.92 Å². The molecule has 1 aromatic heterocycles. The SMILES string of the molecule is CCOc1cc(C(Nc2ccc3c(N)nccc3c2)C(=O)NCc2ccccc2OCC2CC2)ccc1OC(C)C.O=C(O)C(F)(F)F. The molecule has 3 aromatic carbocycles. The van der Waals surface area contributed by atoms with E-state index in [0.29, 0.717) is 43.0 Å². The molecule has 5 rings (SSSR count). The van der Waals surface area contributed by atoms with E-state index in [2.05, 4.69) is 15.6 Å². The molecule has 5 N–H and O–H groups in total. The minimum absolute atomic E-state index is 0.0148. The molecule has 10 nitrogen and oxygen atoms in total. The van der Waals surface area contributed by atoms with Crippen LogP contribution in [0.15, 0.2) is 72.9 Å². The van der Waals surface area contributed by atoms with Crippen LogP contribution in [0.2, 0.25) is 0 Å². The molecule has 0 bridgehead atoms. The minimum atomic E-state index is -5.08. The summed E-state index contributed by atoms with van der Waals surface area (Å²) in [5.74, 6) is 0.201. The summed E-state index contributed by atoms with van der Waals surface area (Å²) in [4.78, 5) is 26.9. The van der Waals surface area contributed by atoms with Gasteiger partial charge < -0.3 is 35.7 Å². The first-order valence-corrected chi connectivity index (χ1v) is 15.5. The molecule has 48 heavy (non-hydrogen) atoms. The van der Waals surface area contributed by atoms with Crippen molar-refractivity contribution in [2.45, 2.75) is 58.5 Å². The van der Waals surface area contributed by atoms with E-state index in [1.165, 1.54) is 12.8 Å². The molecule has 1 aliphatic carbocycles. The highest BCUT2D eigenvalue weighted by molar-refractivity contribution is 5.94. The fraction of sp³-hybridized carbons (Fsp3) is 0.343. The number of carboxylic acid groups (broad SMARTS) is 1. The van der Waals surface area contributed by atoms with Crippen molar-refractivity contribution in [3.8, 4) is 17.2 Å². The lowest BCUT2D eigenvalue weighted by Crippen LogP contribution is -2.33. The van der Waals surface area contributed by atoms with Gasteiger partial charge in [-0.15, -0.1) is 0 Å². The lowest BCUT2D eigenvalue weighted by molar-refractivity contribution is -0.192. The molecule has 13 heteroatoms. The highest BCUT2D eigenvalue weighted by atomic mass is 19.4. The zero-order valence-electron chi connectivity index (χ0n) is 26.8. The summed E-state index contributed by atoms with van der Waals surface area (Å²) in [6.07, 6.45) is -0.987. The number of ether oxygens (including phenoxy) is 3. The predicted molar refractivity (Wildman–Crippen MR) is 176 cm³/mol. The second-order valence-electron chi connectivity index (χ2n) is 11.4. The maximum absolute atomic E-state index is 13.8. The molecule has 0 radical (unpaired) electrons. The third-order valence-corrected chi connectivity index (χ3v) is 7.17. The molecule has 1 aliphatic rings. The average molecular weight is 669 g/mol. The predicted octanol–water partition coefficient (Wildman–Crippen LogP) is 6.89. The number of carboxylic acids is 1. The molecular weight excluding hydrogens is 629 g/mol. The highest BCUT2D eigenvalue weighted by Gasteiger charge is 2.38. The summed E-state index contributed by atoms with van der Waals surface area (Å²) in [6, 6.07) is 20.4. The summed E-state index contributed by atoms with van der Waals surface area (Å²) >= 11 is 0. The Morgan fingerprint density at radius 3 is 2.40 bits per heavy atom. The summed E-state index contributed by atoms with van der Waals surface area (Å²) in [7, 11) is 0. The fourth-order valence-electron chi connectivity index (χ4n) is 4.65. The molecule has 256 valence electrons. The van der Waals surface area contributed by atoms with Crippen molar-refractivity contribution in [1.29, 1.82) is 0 Å². The van der Waals surface area contributed by atoms with Gasteiger partial charge in [-0.1, -0.05) is 24.3 Å². The Balaban J connectivity index is 0.000000671. The Bertz CT molecular complexity index is 1710. The first kappa shape index (κ1) is 35.7. The number of carbonyl (C=O) groups excluding carboxylic acids is 1. The molecule has 1 fully saturated rings. The fourth-order valence-corrected chi connectivity index (χ4v) is 4.65. The molecule has 0 spiro atoms. The lowest BCUT2D eigenvalue weighted by atomic mass is 10.0. The van der Waals surface area contributed by atoms with Gasteiger partial charge in [0.2, 0.25) is 5.91 Å². The van der Waals surface area contributed by atoms with Gasteiger partial charge in [0, 0.05) is 29.4 Å². The molecule has 0 saturated heterocycles. The topological polar surface area (TPSA) is 145 Å². The number of para-hydroxylation sites is 1. The van der Waals surface area contributed by atoms with Crippen LogP contribution in [0.25, 0.3) is 10.8 Å². The second kappa shape index (κ2) is 16.1. The van der Waals surface area contributed by atoms with E-state index in [0.717, 1.165) is 33.3 Å². The van der Waals surface area contributed by atoms with Crippen LogP contribution >= 0.6 is 0 Å². The van der Waals surface area contributed by atoms with E-state index >= 15 is 0 Å². The number of fused-ring (bicyclic) bond motifs is 1. The average Bonchev–Trinajstić information content (AvgIpc) is 3.87. The molecule has 1 amide bonds. The number of nitrogens with zero attached hydrogens (tertiary/aromatic N) is 1. The summed E-state index contributed by atoms with van der Waals surface area (Å²) in [5, 5.41) is 15.5. The Hall–Kier alpha value is -5.20. The van der Waals surface area contributed by atoms with Crippen molar-refractivity contribution in [3.63, 3.8) is 0 Å². The number of anilines is 2. The number of pyridine rings is 1. The molecule has 1 saturated carbocycles. The van der Waals surface area contributed by atoms with Gasteiger partial charge in [-0.2, -0.15) is 13.2 Å². The quantitative estimate of drug-likeness (QED) is 0.120. The molecule has 4 aromatic rings. The normalized spacial score (nSPS) is 13.2. The first-order valence-electron chi connectivity index (χ1n) is 15.5. The van der Waals surface area contributed by atoms with Crippen LogP contribution in [0, 0.1) is 5.92 Å². The van der Waals surface area contributed by atoms with Gasteiger partial charge >= 0.3 is 12.1 Å². The second-order valence-corrected chi connectivity index (χ2v) is 11.4. The molecule has 0 aliphatic heterocycles. The van der Waals surface area contributed by atoms with Crippen LogP contribution in [0.1, 0.15) is 50.8 Å². The summed E-state index contributed by atoms with van der Waals surface area (Å²) in [5.41, 5.74) is 8.51. The van der Waals surface area contributed by atoms with E-state index in [1.807, 2.05) is 87.5 Å². The number of aliphatic carboxylic acids is 1. The zero-order valence-corrected chi connectivity index (χ0v) is 26.8. The van der Waals surface area contributed by atoms with Gasteiger partial charge in [-0.05, 0) is 92.9 Å². The number of nitrogen functional groups attached to an aromatic ring is 1. The Kier molecular flexibility index (Phi) is 11.9. The van der Waals surface area contributed by atoms with Gasteiger partial charge in [0.25, 0.3) is 0 Å². The number of nitrogens with one attached hydrogen (secondary N) is 2. The number of hydrogen-bond donors (Lipinski definition) is 4. The monoisotopic (exact) mass is 668 g/mol. The summed E-state index contributed by atoms with van der Waals surface area (Å²) in [6.45, 7) is 7.38. The van der Waals surface area contributed by atoms with Gasteiger partial charge in [-0.3, -0.25) is 4.79 Å². The smallest absolute Gasteiger partial charge is 0.490 e. The number of aromatic nitrogens is 1. The third kappa shape index (κ3) is 10.1. The van der Waals surface area contributed by atoms with Crippen LogP contribution in [0.4, 0.5) is 24.7 Å². The standard InChI is InChI=1S/C33H38N4O4.C2HF3O2/c1-4-39-30-18-24(11-14-29(30)41-21(2)3)31(37-26-12-13-27-23(17-26)15-16-35-32(27)34)33(38)36-19-25-7-5-6-8-28(25)40-20-22-9-10-22;3-2(4,5)1(6)7/h5-8,11-18,21-22,31,37H,4,9-10,19-20H2,1-3H3,(H2,34,35)(H,36,38);(H,6,7). The Labute approximate surface area is 276 Å².